The lowest BCUT2D eigenvalue weighted by Crippen LogP contribution is -2.42. The highest BCUT2D eigenvalue weighted by Gasteiger charge is 2.30. The third-order valence-electron chi connectivity index (χ3n) is 4.47. The van der Waals surface area contributed by atoms with Crippen LogP contribution in [0.3, 0.4) is 0 Å². The zero-order chi connectivity index (χ0) is 19.8. The number of nitrogens with one attached hydrogen (secondary N) is 1. The van der Waals surface area contributed by atoms with Gasteiger partial charge in [0.05, 0.1) is 12.5 Å². The van der Waals surface area contributed by atoms with E-state index in [0.717, 1.165) is 0 Å². The molecule has 0 aliphatic carbocycles. The summed E-state index contributed by atoms with van der Waals surface area (Å²) in [6.07, 6.45) is 0.162. The number of ether oxygens (including phenoxy) is 2. The molecule has 1 N–H and O–H groups in total. The normalized spacial score (nSPS) is 15.9. The molecule has 1 aliphatic rings. The number of likely N-dealkylation sites (tertiary alicyclic amines) is 1. The van der Waals surface area contributed by atoms with Crippen molar-refractivity contribution in [3.63, 3.8) is 0 Å². The lowest BCUT2D eigenvalue weighted by molar-refractivity contribution is -0.160. The van der Waals surface area contributed by atoms with Crippen molar-refractivity contribution >= 4 is 29.4 Å². The van der Waals surface area contributed by atoms with Crippen molar-refractivity contribution in [2.24, 2.45) is 5.92 Å². The lowest BCUT2D eigenvalue weighted by Gasteiger charge is -2.31. The predicted molar refractivity (Wildman–Crippen MR) is 101 cm³/mol. The monoisotopic (exact) mass is 396 g/mol. The Hall–Kier alpha value is -2.12. The van der Waals surface area contributed by atoms with E-state index in [1.165, 1.54) is 0 Å². The second-order valence-electron chi connectivity index (χ2n) is 6.44. The minimum atomic E-state index is -0.858. The molecule has 7 nitrogen and oxygen atoms in total. The first-order valence-electron chi connectivity index (χ1n) is 8.94. The summed E-state index contributed by atoms with van der Waals surface area (Å²) < 4.78 is 10.1. The molecule has 2 rings (SSSR count). The molecule has 1 heterocycles. The van der Waals surface area contributed by atoms with Gasteiger partial charge in [0.25, 0.3) is 11.8 Å². The fourth-order valence-electron chi connectivity index (χ4n) is 2.84. The van der Waals surface area contributed by atoms with Crippen LogP contribution in [-0.2, 0) is 19.1 Å². The van der Waals surface area contributed by atoms with Crippen LogP contribution in [0.25, 0.3) is 0 Å². The smallest absolute Gasteiger partial charge is 0.309 e. The van der Waals surface area contributed by atoms with Crippen LogP contribution in [-0.4, -0.2) is 62.1 Å². The van der Waals surface area contributed by atoms with Gasteiger partial charge < -0.3 is 19.7 Å². The van der Waals surface area contributed by atoms with E-state index >= 15 is 0 Å². The van der Waals surface area contributed by atoms with E-state index in [1.807, 2.05) is 0 Å². The van der Waals surface area contributed by atoms with E-state index < -0.39 is 12.1 Å². The molecule has 1 aliphatic heterocycles. The first kappa shape index (κ1) is 21.2. The maximum Gasteiger partial charge on any atom is 0.309 e. The second kappa shape index (κ2) is 10.3. The first-order chi connectivity index (χ1) is 12.9. The Labute approximate surface area is 163 Å². The Morgan fingerprint density at radius 1 is 1.22 bits per heavy atom. The molecule has 0 radical (unpaired) electrons. The van der Waals surface area contributed by atoms with Crippen molar-refractivity contribution < 1.29 is 23.9 Å². The minimum absolute atomic E-state index is 0.0793. The van der Waals surface area contributed by atoms with E-state index in [-0.39, 0.29) is 17.7 Å². The Morgan fingerprint density at radius 2 is 1.85 bits per heavy atom. The summed E-state index contributed by atoms with van der Waals surface area (Å²) in [6.45, 7) is 3.24. The van der Waals surface area contributed by atoms with Gasteiger partial charge in [0.2, 0.25) is 0 Å². The van der Waals surface area contributed by atoms with Gasteiger partial charge in [-0.2, -0.15) is 0 Å². The van der Waals surface area contributed by atoms with E-state index in [4.69, 9.17) is 21.1 Å². The summed E-state index contributed by atoms with van der Waals surface area (Å²) in [4.78, 5) is 38.3. The molecule has 148 valence electrons. The van der Waals surface area contributed by atoms with Crippen LogP contribution < -0.4 is 5.32 Å². The molecular weight excluding hydrogens is 372 g/mol. The number of methoxy groups -OCH3 is 1. The second-order valence-corrected chi connectivity index (χ2v) is 6.87. The molecular formula is C19H25ClN2O5. The largest absolute Gasteiger partial charge is 0.452 e. The molecule has 2 amide bonds. The van der Waals surface area contributed by atoms with Gasteiger partial charge in [-0.15, -0.1) is 0 Å². The van der Waals surface area contributed by atoms with Gasteiger partial charge in [-0.25, -0.2) is 0 Å². The Morgan fingerprint density at radius 3 is 2.44 bits per heavy atom. The van der Waals surface area contributed by atoms with Crippen LogP contribution in [0.15, 0.2) is 24.3 Å². The number of carbonyl (C=O) groups excluding carboxylic acids is 3. The average Bonchev–Trinajstić information content (AvgIpc) is 2.68. The van der Waals surface area contributed by atoms with Gasteiger partial charge >= 0.3 is 5.97 Å². The van der Waals surface area contributed by atoms with Crippen LogP contribution in [0.1, 0.15) is 30.1 Å². The number of piperidine rings is 1. The average molecular weight is 397 g/mol. The number of hydrogen-bond acceptors (Lipinski definition) is 5. The summed E-state index contributed by atoms with van der Waals surface area (Å²) >= 11 is 5.84. The summed E-state index contributed by atoms with van der Waals surface area (Å²) in [5.41, 5.74) is 0.571. The number of rotatable bonds is 7. The highest BCUT2D eigenvalue weighted by atomic mass is 35.5. The number of carbonyl (C=O) groups is 3. The molecule has 0 bridgehead atoms. The maximum atomic E-state index is 12.5. The van der Waals surface area contributed by atoms with Crippen LogP contribution in [0.2, 0.25) is 5.02 Å². The summed E-state index contributed by atoms with van der Waals surface area (Å²) in [5, 5.41) is 3.21. The van der Waals surface area contributed by atoms with Crippen molar-refractivity contribution in [2.45, 2.75) is 25.9 Å². The van der Waals surface area contributed by atoms with Crippen LogP contribution in [0.4, 0.5) is 0 Å². The van der Waals surface area contributed by atoms with Crippen molar-refractivity contribution in [3.05, 3.63) is 34.9 Å². The Bertz CT molecular complexity index is 657. The number of esters is 1. The van der Waals surface area contributed by atoms with Crippen molar-refractivity contribution in [3.8, 4) is 0 Å². The quantitative estimate of drug-likeness (QED) is 0.562. The highest BCUT2D eigenvalue weighted by Crippen LogP contribution is 2.21. The van der Waals surface area contributed by atoms with Crippen molar-refractivity contribution in [1.82, 2.24) is 10.2 Å². The van der Waals surface area contributed by atoms with Crippen LogP contribution in [0, 0.1) is 5.92 Å². The van der Waals surface area contributed by atoms with Gasteiger partial charge in [-0.3, -0.25) is 14.4 Å². The predicted octanol–water partition coefficient (Wildman–Crippen LogP) is 1.89. The van der Waals surface area contributed by atoms with Gasteiger partial charge in [-0.1, -0.05) is 11.6 Å². The van der Waals surface area contributed by atoms with Crippen molar-refractivity contribution in [1.29, 1.82) is 0 Å². The topological polar surface area (TPSA) is 84.9 Å². The molecule has 0 saturated carbocycles. The first-order valence-corrected chi connectivity index (χ1v) is 9.32. The standard InChI is InChI=1S/C19H25ClN2O5/c1-13(17(23)21-9-12-26-2)27-19(25)15-7-10-22(11-8-15)18(24)14-3-5-16(20)6-4-14/h3-6,13,15H,7-12H2,1-2H3,(H,21,23)/t13-/m1/s1. The summed E-state index contributed by atoms with van der Waals surface area (Å²) in [5.74, 6) is -1.14. The lowest BCUT2D eigenvalue weighted by atomic mass is 9.96. The van der Waals surface area contributed by atoms with E-state index in [0.29, 0.717) is 49.7 Å². The SMILES string of the molecule is COCCNC(=O)[C@@H](C)OC(=O)C1CCN(C(=O)c2ccc(Cl)cc2)CC1. The van der Waals surface area contributed by atoms with Crippen LogP contribution in [0.5, 0.6) is 0 Å². The third-order valence-corrected chi connectivity index (χ3v) is 4.73. The number of nitrogens with zero attached hydrogens (tertiary/aromatic N) is 1. The molecule has 1 saturated heterocycles. The van der Waals surface area contributed by atoms with E-state index in [2.05, 4.69) is 5.32 Å². The molecule has 1 fully saturated rings. The van der Waals surface area contributed by atoms with Crippen LogP contribution >= 0.6 is 11.6 Å². The number of hydrogen-bond donors (Lipinski definition) is 1. The summed E-state index contributed by atoms with van der Waals surface area (Å²) in [6, 6.07) is 6.74. The molecule has 0 spiro atoms. The molecule has 0 aromatic heterocycles. The zero-order valence-electron chi connectivity index (χ0n) is 15.6. The Kier molecular flexibility index (Phi) is 8.06. The van der Waals surface area contributed by atoms with Gasteiger partial charge in [0, 0.05) is 37.3 Å². The molecule has 8 heteroatoms. The number of halogens is 1. The number of benzene rings is 1. The summed E-state index contributed by atoms with van der Waals surface area (Å²) in [7, 11) is 1.54. The van der Waals surface area contributed by atoms with E-state index in [1.54, 1.807) is 43.2 Å². The van der Waals surface area contributed by atoms with E-state index in [9.17, 15) is 14.4 Å². The highest BCUT2D eigenvalue weighted by molar-refractivity contribution is 6.30. The molecule has 1 aromatic carbocycles. The number of amides is 2. The molecule has 0 unspecified atom stereocenters. The molecule has 1 aromatic rings. The maximum absolute atomic E-state index is 12.5. The third kappa shape index (κ3) is 6.22. The van der Waals surface area contributed by atoms with Crippen molar-refractivity contribution in [2.75, 3.05) is 33.4 Å². The molecule has 1 atom stereocenters. The Balaban J connectivity index is 1.79. The fourth-order valence-corrected chi connectivity index (χ4v) is 2.96. The van der Waals surface area contributed by atoms with Gasteiger partial charge in [0.15, 0.2) is 6.10 Å². The fraction of sp³-hybridized carbons (Fsp3) is 0.526. The van der Waals surface area contributed by atoms with Gasteiger partial charge in [0.1, 0.15) is 0 Å². The van der Waals surface area contributed by atoms with Gasteiger partial charge in [-0.05, 0) is 44.0 Å². The zero-order valence-corrected chi connectivity index (χ0v) is 16.3. The minimum Gasteiger partial charge on any atom is -0.452 e. The molecule has 27 heavy (non-hydrogen) atoms.